The van der Waals surface area contributed by atoms with Crippen molar-refractivity contribution in [3.05, 3.63) is 64.6 Å². The van der Waals surface area contributed by atoms with E-state index in [2.05, 4.69) is 5.32 Å². The number of nitrogens with one attached hydrogen (secondary N) is 1. The first-order valence-corrected chi connectivity index (χ1v) is 10.5. The number of fused-ring (bicyclic) bond motifs is 1. The van der Waals surface area contributed by atoms with Crippen LogP contribution >= 0.6 is 0 Å². The molecule has 164 valence electrons. The van der Waals surface area contributed by atoms with Gasteiger partial charge in [0, 0.05) is 17.8 Å². The van der Waals surface area contributed by atoms with Gasteiger partial charge in [-0.3, -0.25) is 4.79 Å². The maximum absolute atomic E-state index is 13.4. The summed E-state index contributed by atoms with van der Waals surface area (Å²) in [6.07, 6.45) is -0.541. The van der Waals surface area contributed by atoms with Gasteiger partial charge in [-0.25, -0.2) is 4.79 Å². The molecule has 0 saturated heterocycles. The number of ether oxygens (including phenoxy) is 1. The monoisotopic (exact) mass is 422 g/mol. The molecule has 31 heavy (non-hydrogen) atoms. The maximum Gasteiger partial charge on any atom is 0.407 e. The average molecular weight is 423 g/mol. The van der Waals surface area contributed by atoms with Crippen molar-refractivity contribution in [3.8, 4) is 16.9 Å². The van der Waals surface area contributed by atoms with E-state index in [1.54, 1.807) is 37.5 Å². The minimum absolute atomic E-state index is 0.0411. The molecule has 1 heterocycles. The summed E-state index contributed by atoms with van der Waals surface area (Å²) < 4.78 is 7.09. The number of carbonyl (C=O) groups is 1. The van der Waals surface area contributed by atoms with Crippen LogP contribution in [0.4, 0.5) is 4.79 Å². The Morgan fingerprint density at radius 1 is 1.10 bits per heavy atom. The Labute approximate surface area is 182 Å². The first kappa shape index (κ1) is 22.4. The fraction of sp³-hybridized carbons (Fsp3) is 0.360. The Kier molecular flexibility index (Phi) is 6.39. The lowest BCUT2D eigenvalue weighted by molar-refractivity contribution is 0.0522. The summed E-state index contributed by atoms with van der Waals surface area (Å²) in [6.45, 7) is 10.1. The van der Waals surface area contributed by atoms with Crippen molar-refractivity contribution in [2.75, 3.05) is 0 Å². The number of phenols is 1. The van der Waals surface area contributed by atoms with E-state index in [0.29, 0.717) is 17.6 Å². The molecular weight excluding hydrogens is 392 g/mol. The number of benzene rings is 2. The minimum atomic E-state index is -0.620. The third-order valence-electron chi connectivity index (χ3n) is 4.77. The van der Waals surface area contributed by atoms with Crippen molar-refractivity contribution in [3.63, 3.8) is 0 Å². The Hall–Kier alpha value is -3.28. The van der Waals surface area contributed by atoms with Crippen molar-refractivity contribution in [1.82, 2.24) is 9.88 Å². The summed E-state index contributed by atoms with van der Waals surface area (Å²) in [7, 11) is 0. The van der Waals surface area contributed by atoms with Crippen LogP contribution in [0.2, 0.25) is 0 Å². The fourth-order valence-electron chi connectivity index (χ4n) is 3.62. The molecule has 2 aromatic carbocycles. The lowest BCUT2D eigenvalue weighted by Crippen LogP contribution is -2.35. The molecule has 0 aliphatic rings. The van der Waals surface area contributed by atoms with Gasteiger partial charge in [0.1, 0.15) is 11.4 Å². The predicted molar refractivity (Wildman–Crippen MR) is 123 cm³/mol. The number of phenolic OH excluding ortho intramolecular Hbond substituents is 1. The number of amides is 1. The van der Waals surface area contributed by atoms with E-state index in [1.807, 2.05) is 44.2 Å². The number of carbonyl (C=O) groups excluding carboxylic acids is 1. The predicted octanol–water partition coefficient (Wildman–Crippen LogP) is 5.05. The highest BCUT2D eigenvalue weighted by Crippen LogP contribution is 2.32. The van der Waals surface area contributed by atoms with Gasteiger partial charge in [0.05, 0.1) is 11.9 Å². The van der Waals surface area contributed by atoms with E-state index in [-0.39, 0.29) is 23.8 Å². The van der Waals surface area contributed by atoms with Crippen LogP contribution in [0.15, 0.2) is 53.3 Å². The molecule has 2 N–H and O–H groups in total. The molecule has 0 aliphatic carbocycles. The van der Waals surface area contributed by atoms with E-state index in [4.69, 9.17) is 4.74 Å². The van der Waals surface area contributed by atoms with Gasteiger partial charge in [-0.15, -0.1) is 0 Å². The van der Waals surface area contributed by atoms with Crippen molar-refractivity contribution in [2.24, 2.45) is 5.92 Å². The second-order valence-electron chi connectivity index (χ2n) is 9.08. The lowest BCUT2D eigenvalue weighted by Gasteiger charge is -2.23. The summed E-state index contributed by atoms with van der Waals surface area (Å²) in [5.74, 6) is 0.246. The summed E-state index contributed by atoms with van der Waals surface area (Å²) in [5, 5.41) is 14.0. The first-order valence-electron chi connectivity index (χ1n) is 10.5. The molecule has 0 bridgehead atoms. The third-order valence-corrected chi connectivity index (χ3v) is 4.77. The number of pyridine rings is 1. The standard InChI is InChI=1S/C25H30N2O4/c1-16(2)15-27-21(14-26-24(30)31-25(3,4)5)22(17-9-7-6-8-10-17)19-12-11-18(28)13-20(19)23(27)29/h6-13,16,28H,14-15H2,1-5H3,(H,26,30). The smallest absolute Gasteiger partial charge is 0.407 e. The average Bonchev–Trinajstić information content (AvgIpc) is 2.68. The minimum Gasteiger partial charge on any atom is -0.508 e. The Bertz CT molecular complexity index is 1140. The number of aromatic nitrogens is 1. The van der Waals surface area contributed by atoms with E-state index >= 15 is 0 Å². The Morgan fingerprint density at radius 2 is 1.77 bits per heavy atom. The molecule has 6 nitrogen and oxygen atoms in total. The molecule has 6 heteroatoms. The van der Waals surface area contributed by atoms with Crippen molar-refractivity contribution < 1.29 is 14.6 Å². The Balaban J connectivity index is 2.24. The summed E-state index contributed by atoms with van der Waals surface area (Å²) in [4.78, 5) is 25.8. The summed E-state index contributed by atoms with van der Waals surface area (Å²) in [6, 6.07) is 14.6. The zero-order valence-electron chi connectivity index (χ0n) is 18.7. The van der Waals surface area contributed by atoms with Crippen LogP contribution in [-0.4, -0.2) is 21.4 Å². The van der Waals surface area contributed by atoms with Crippen molar-refractivity contribution in [1.29, 1.82) is 0 Å². The SMILES string of the molecule is CC(C)Cn1c(CNC(=O)OC(C)(C)C)c(-c2ccccc2)c2ccc(O)cc2c1=O. The highest BCUT2D eigenvalue weighted by molar-refractivity contribution is 5.98. The zero-order valence-corrected chi connectivity index (χ0v) is 18.7. The van der Waals surface area contributed by atoms with E-state index in [9.17, 15) is 14.7 Å². The highest BCUT2D eigenvalue weighted by atomic mass is 16.6. The molecule has 1 aromatic heterocycles. The molecule has 0 radical (unpaired) electrons. The lowest BCUT2D eigenvalue weighted by atomic mass is 9.96. The zero-order chi connectivity index (χ0) is 22.8. The number of nitrogens with zero attached hydrogens (tertiary/aromatic N) is 1. The normalized spacial score (nSPS) is 11.7. The van der Waals surface area contributed by atoms with Crippen LogP contribution in [0.25, 0.3) is 21.9 Å². The molecule has 1 amide bonds. The van der Waals surface area contributed by atoms with E-state index in [0.717, 1.165) is 16.5 Å². The number of rotatable bonds is 5. The maximum atomic E-state index is 13.4. The second-order valence-corrected chi connectivity index (χ2v) is 9.08. The van der Waals surface area contributed by atoms with Gasteiger partial charge >= 0.3 is 6.09 Å². The fourth-order valence-corrected chi connectivity index (χ4v) is 3.62. The Morgan fingerprint density at radius 3 is 2.39 bits per heavy atom. The van der Waals surface area contributed by atoms with Gasteiger partial charge in [-0.05, 0) is 55.8 Å². The van der Waals surface area contributed by atoms with E-state index in [1.165, 1.54) is 6.07 Å². The van der Waals surface area contributed by atoms with Crippen molar-refractivity contribution >= 4 is 16.9 Å². The molecule has 0 atom stereocenters. The second kappa shape index (κ2) is 8.84. The van der Waals surface area contributed by atoms with Gasteiger partial charge in [0.2, 0.25) is 0 Å². The van der Waals surface area contributed by atoms with Crippen LogP contribution in [0, 0.1) is 5.92 Å². The van der Waals surface area contributed by atoms with Gasteiger partial charge in [-0.1, -0.05) is 44.2 Å². The molecule has 0 unspecified atom stereocenters. The molecule has 0 spiro atoms. The topological polar surface area (TPSA) is 80.6 Å². The highest BCUT2D eigenvalue weighted by Gasteiger charge is 2.21. The van der Waals surface area contributed by atoms with Crippen LogP contribution in [0.5, 0.6) is 5.75 Å². The van der Waals surface area contributed by atoms with Crippen LogP contribution in [-0.2, 0) is 17.8 Å². The van der Waals surface area contributed by atoms with Crippen molar-refractivity contribution in [2.45, 2.75) is 53.3 Å². The molecule has 3 aromatic rings. The molecule has 3 rings (SSSR count). The number of alkyl carbamates (subject to hydrolysis) is 1. The van der Waals surface area contributed by atoms with Gasteiger partial charge in [-0.2, -0.15) is 0 Å². The summed E-state index contributed by atoms with van der Waals surface area (Å²) >= 11 is 0. The number of hydrogen-bond donors (Lipinski definition) is 2. The quantitative estimate of drug-likeness (QED) is 0.603. The molecule has 0 saturated carbocycles. The molecule has 0 aliphatic heterocycles. The first-order chi connectivity index (χ1) is 14.6. The van der Waals surface area contributed by atoms with Gasteiger partial charge in [0.25, 0.3) is 5.56 Å². The largest absolute Gasteiger partial charge is 0.508 e. The van der Waals surface area contributed by atoms with Gasteiger partial charge < -0.3 is 19.7 Å². The van der Waals surface area contributed by atoms with Gasteiger partial charge in [0.15, 0.2) is 0 Å². The molecular formula is C25H30N2O4. The van der Waals surface area contributed by atoms with E-state index < -0.39 is 11.7 Å². The number of aromatic hydroxyl groups is 1. The van der Waals surface area contributed by atoms with Crippen LogP contribution < -0.4 is 10.9 Å². The number of hydrogen-bond acceptors (Lipinski definition) is 4. The summed E-state index contributed by atoms with van der Waals surface area (Å²) in [5.41, 5.74) is 1.67. The van der Waals surface area contributed by atoms with Crippen LogP contribution in [0.3, 0.4) is 0 Å². The van der Waals surface area contributed by atoms with Crippen LogP contribution in [0.1, 0.15) is 40.3 Å². The molecule has 0 fully saturated rings. The third kappa shape index (κ3) is 5.26.